The van der Waals surface area contributed by atoms with E-state index in [1.165, 1.54) is 0 Å². The summed E-state index contributed by atoms with van der Waals surface area (Å²) in [5, 5.41) is 6.34. The van der Waals surface area contributed by atoms with E-state index in [9.17, 15) is 4.79 Å². The van der Waals surface area contributed by atoms with Crippen molar-refractivity contribution < 1.29 is 9.53 Å². The van der Waals surface area contributed by atoms with Crippen LogP contribution in [0.1, 0.15) is 39.5 Å². The fourth-order valence-corrected chi connectivity index (χ4v) is 1.48. The molecule has 2 atom stereocenters. The normalized spacial score (nSPS) is 19.2. The molecule has 0 spiro atoms. The zero-order valence-electron chi connectivity index (χ0n) is 10.6. The fourth-order valence-electron chi connectivity index (χ4n) is 1.48. The fraction of sp³-hybridized carbons (Fsp3) is 0.917. The topological polar surface area (TPSA) is 50.4 Å². The van der Waals surface area contributed by atoms with Gasteiger partial charge in [0.05, 0.1) is 6.10 Å². The van der Waals surface area contributed by atoms with Gasteiger partial charge >= 0.3 is 0 Å². The molecule has 1 aliphatic rings. The van der Waals surface area contributed by atoms with Crippen molar-refractivity contribution >= 4 is 5.91 Å². The Morgan fingerprint density at radius 1 is 1.44 bits per heavy atom. The van der Waals surface area contributed by atoms with Crippen LogP contribution in [-0.2, 0) is 9.53 Å². The number of ether oxygens (including phenoxy) is 1. The van der Waals surface area contributed by atoms with Gasteiger partial charge in [0, 0.05) is 25.6 Å². The lowest BCUT2D eigenvalue weighted by Gasteiger charge is -2.19. The second kappa shape index (κ2) is 6.86. The third-order valence-corrected chi connectivity index (χ3v) is 3.07. The Balaban J connectivity index is 1.95. The van der Waals surface area contributed by atoms with Crippen LogP contribution >= 0.6 is 0 Å². The van der Waals surface area contributed by atoms with Gasteiger partial charge in [-0.15, -0.1) is 0 Å². The van der Waals surface area contributed by atoms with Crippen LogP contribution in [0.3, 0.4) is 0 Å². The van der Waals surface area contributed by atoms with Crippen LogP contribution in [0.2, 0.25) is 0 Å². The maximum absolute atomic E-state index is 11.4. The molecule has 0 aliphatic heterocycles. The lowest BCUT2D eigenvalue weighted by molar-refractivity contribution is -0.121. The minimum absolute atomic E-state index is 0.191. The highest BCUT2D eigenvalue weighted by molar-refractivity contribution is 5.76. The Labute approximate surface area is 98.1 Å². The van der Waals surface area contributed by atoms with Crippen molar-refractivity contribution in [2.24, 2.45) is 0 Å². The van der Waals surface area contributed by atoms with Crippen LogP contribution in [0.15, 0.2) is 0 Å². The smallest absolute Gasteiger partial charge is 0.220 e. The van der Waals surface area contributed by atoms with Crippen molar-refractivity contribution in [3.8, 4) is 0 Å². The summed E-state index contributed by atoms with van der Waals surface area (Å²) in [6.07, 6.45) is 4.04. The van der Waals surface area contributed by atoms with E-state index in [-0.39, 0.29) is 12.0 Å². The van der Waals surface area contributed by atoms with Gasteiger partial charge in [-0.25, -0.2) is 0 Å². The Hall–Kier alpha value is -0.610. The molecule has 0 bridgehead atoms. The Morgan fingerprint density at radius 2 is 2.12 bits per heavy atom. The van der Waals surface area contributed by atoms with E-state index in [1.807, 2.05) is 6.92 Å². The largest absolute Gasteiger partial charge is 0.380 e. The summed E-state index contributed by atoms with van der Waals surface area (Å²) in [6.45, 7) is 5.00. The van der Waals surface area contributed by atoms with Gasteiger partial charge in [0.2, 0.25) is 5.91 Å². The van der Waals surface area contributed by atoms with Gasteiger partial charge in [0.15, 0.2) is 0 Å². The predicted molar refractivity (Wildman–Crippen MR) is 64.3 cm³/mol. The first kappa shape index (κ1) is 13.5. The molecule has 0 aromatic heterocycles. The second-order valence-electron chi connectivity index (χ2n) is 4.63. The van der Waals surface area contributed by atoms with Gasteiger partial charge < -0.3 is 15.4 Å². The average Bonchev–Trinajstić information content (AvgIpc) is 3.06. The Morgan fingerprint density at radius 3 is 2.69 bits per heavy atom. The molecule has 2 N–H and O–H groups in total. The summed E-state index contributed by atoms with van der Waals surface area (Å²) in [5.41, 5.74) is 0. The van der Waals surface area contributed by atoms with Gasteiger partial charge in [-0.1, -0.05) is 0 Å². The van der Waals surface area contributed by atoms with Gasteiger partial charge in [0.1, 0.15) is 0 Å². The van der Waals surface area contributed by atoms with E-state index >= 15 is 0 Å². The van der Waals surface area contributed by atoms with E-state index in [0.717, 1.165) is 25.8 Å². The summed E-state index contributed by atoms with van der Waals surface area (Å²) in [5.74, 6) is 0.191. The molecule has 0 aromatic carbocycles. The molecule has 4 heteroatoms. The molecule has 16 heavy (non-hydrogen) atoms. The Bertz CT molecular complexity index is 217. The second-order valence-corrected chi connectivity index (χ2v) is 4.63. The number of nitrogens with one attached hydrogen (secondary N) is 2. The molecule has 1 amide bonds. The zero-order valence-corrected chi connectivity index (χ0v) is 10.6. The minimum atomic E-state index is 0.191. The van der Waals surface area contributed by atoms with Crippen molar-refractivity contribution in [2.45, 2.75) is 57.7 Å². The van der Waals surface area contributed by atoms with Gasteiger partial charge in [-0.3, -0.25) is 4.79 Å². The SMILES string of the molecule is COC(C)C(C)NCCCC(=O)NC1CC1. The number of methoxy groups -OCH3 is 1. The van der Waals surface area contributed by atoms with Gasteiger partial charge in [-0.2, -0.15) is 0 Å². The maximum atomic E-state index is 11.4. The minimum Gasteiger partial charge on any atom is -0.380 e. The summed E-state index contributed by atoms with van der Waals surface area (Å²) >= 11 is 0. The molecule has 94 valence electrons. The lowest BCUT2D eigenvalue weighted by Crippen LogP contribution is -2.37. The van der Waals surface area contributed by atoms with Crippen LogP contribution < -0.4 is 10.6 Å². The standard InChI is InChI=1S/C12H24N2O2/c1-9(10(2)16-3)13-8-4-5-12(15)14-11-6-7-11/h9-11,13H,4-8H2,1-3H3,(H,14,15). The first-order valence-corrected chi connectivity index (χ1v) is 6.19. The van der Waals surface area contributed by atoms with Crippen LogP contribution in [0.25, 0.3) is 0 Å². The summed E-state index contributed by atoms with van der Waals surface area (Å²) in [4.78, 5) is 11.4. The highest BCUT2D eigenvalue weighted by atomic mass is 16.5. The number of carbonyl (C=O) groups is 1. The van der Waals surface area contributed by atoms with E-state index < -0.39 is 0 Å². The monoisotopic (exact) mass is 228 g/mol. The third kappa shape index (κ3) is 5.47. The quantitative estimate of drug-likeness (QED) is 0.611. The predicted octanol–water partition coefficient (Wildman–Crippen LogP) is 1.06. The molecule has 1 aliphatic carbocycles. The first-order valence-electron chi connectivity index (χ1n) is 6.19. The number of rotatable bonds is 8. The number of carbonyl (C=O) groups excluding carboxylic acids is 1. The molecule has 0 radical (unpaired) electrons. The lowest BCUT2D eigenvalue weighted by atomic mass is 10.2. The molecule has 2 unspecified atom stereocenters. The van der Waals surface area contributed by atoms with Crippen molar-refractivity contribution in [2.75, 3.05) is 13.7 Å². The van der Waals surface area contributed by atoms with Gasteiger partial charge in [0.25, 0.3) is 0 Å². The highest BCUT2D eigenvalue weighted by Crippen LogP contribution is 2.18. The van der Waals surface area contributed by atoms with Crippen molar-refractivity contribution in [1.82, 2.24) is 10.6 Å². The number of hydrogen-bond donors (Lipinski definition) is 2. The molecule has 0 heterocycles. The van der Waals surface area contributed by atoms with Crippen molar-refractivity contribution in [1.29, 1.82) is 0 Å². The van der Waals surface area contributed by atoms with E-state index in [1.54, 1.807) is 7.11 Å². The molecular formula is C12H24N2O2. The van der Waals surface area contributed by atoms with Crippen molar-refractivity contribution in [3.63, 3.8) is 0 Å². The third-order valence-electron chi connectivity index (χ3n) is 3.07. The molecule has 0 aromatic rings. The summed E-state index contributed by atoms with van der Waals surface area (Å²) in [7, 11) is 1.71. The highest BCUT2D eigenvalue weighted by Gasteiger charge is 2.22. The van der Waals surface area contributed by atoms with Crippen LogP contribution in [-0.4, -0.2) is 37.7 Å². The van der Waals surface area contributed by atoms with Crippen molar-refractivity contribution in [3.05, 3.63) is 0 Å². The summed E-state index contributed by atoms with van der Waals surface area (Å²) in [6, 6.07) is 0.810. The molecule has 0 saturated heterocycles. The molecule has 1 saturated carbocycles. The van der Waals surface area contributed by atoms with Crippen LogP contribution in [0, 0.1) is 0 Å². The molecular weight excluding hydrogens is 204 g/mol. The molecule has 1 rings (SSSR count). The maximum Gasteiger partial charge on any atom is 0.220 e. The van der Waals surface area contributed by atoms with E-state index in [4.69, 9.17) is 4.74 Å². The first-order chi connectivity index (χ1) is 7.63. The average molecular weight is 228 g/mol. The number of amides is 1. The molecule has 1 fully saturated rings. The Kier molecular flexibility index (Phi) is 5.77. The van der Waals surface area contributed by atoms with E-state index in [0.29, 0.717) is 18.5 Å². The summed E-state index contributed by atoms with van der Waals surface area (Å²) < 4.78 is 5.21. The number of hydrogen-bond acceptors (Lipinski definition) is 3. The van der Waals surface area contributed by atoms with Gasteiger partial charge in [-0.05, 0) is 39.7 Å². The zero-order chi connectivity index (χ0) is 12.0. The van der Waals surface area contributed by atoms with E-state index in [2.05, 4.69) is 17.6 Å². The molecule has 4 nitrogen and oxygen atoms in total. The van der Waals surface area contributed by atoms with Crippen LogP contribution in [0.5, 0.6) is 0 Å². The van der Waals surface area contributed by atoms with Crippen LogP contribution in [0.4, 0.5) is 0 Å².